The number of anilines is 1. The highest BCUT2D eigenvalue weighted by Gasteiger charge is 2.36. The minimum Gasteiger partial charge on any atom is -0.476 e. The Kier molecular flexibility index (Phi) is 6.37. The first-order valence-corrected chi connectivity index (χ1v) is 12.4. The van der Waals surface area contributed by atoms with Gasteiger partial charge in [-0.15, -0.1) is 0 Å². The zero-order chi connectivity index (χ0) is 23.0. The molecule has 0 saturated heterocycles. The Hall–Kier alpha value is -2.54. The number of hydrogen-bond acceptors (Lipinski definition) is 4. The largest absolute Gasteiger partial charge is 0.476 e. The Morgan fingerprint density at radius 3 is 2.39 bits per heavy atom. The molecule has 1 heterocycles. The normalized spacial score (nSPS) is 17.5. The van der Waals surface area contributed by atoms with Gasteiger partial charge in [0.05, 0.1) is 24.5 Å². The van der Waals surface area contributed by atoms with Crippen LogP contribution in [-0.2, 0) is 26.7 Å². The number of carbonyl (C=O) groups is 1. The predicted octanol–water partition coefficient (Wildman–Crippen LogP) is 3.95. The van der Waals surface area contributed by atoms with E-state index >= 15 is 0 Å². The van der Waals surface area contributed by atoms with Crippen LogP contribution in [0.5, 0.6) is 5.75 Å². The second-order valence-corrected chi connectivity index (χ2v) is 11.1. The Morgan fingerprint density at radius 1 is 1.19 bits per heavy atom. The SMILES string of the molecule is CCc1ccc([C@H](C)NC(=O)[C@H]2CN(S(C)(=O)=O)c3cc(C(C)(C)C)ccc3O2)cc1. The van der Waals surface area contributed by atoms with Crippen molar-refractivity contribution in [2.24, 2.45) is 0 Å². The number of fused-ring (bicyclic) bond motifs is 1. The van der Waals surface area contributed by atoms with Gasteiger partial charge in [-0.3, -0.25) is 9.10 Å². The third-order valence-electron chi connectivity index (χ3n) is 5.63. The number of hydrogen-bond donors (Lipinski definition) is 1. The molecule has 2 aromatic carbocycles. The Morgan fingerprint density at radius 2 is 1.84 bits per heavy atom. The van der Waals surface area contributed by atoms with Gasteiger partial charge in [-0.05, 0) is 47.6 Å². The maximum atomic E-state index is 13.0. The van der Waals surface area contributed by atoms with Crippen molar-refractivity contribution in [2.45, 2.75) is 58.6 Å². The summed E-state index contributed by atoms with van der Waals surface area (Å²) in [6.45, 7) is 10.1. The molecule has 0 aromatic heterocycles. The summed E-state index contributed by atoms with van der Waals surface area (Å²) in [5, 5.41) is 2.96. The van der Waals surface area contributed by atoms with Gasteiger partial charge in [0.1, 0.15) is 5.75 Å². The number of rotatable bonds is 5. The van der Waals surface area contributed by atoms with E-state index in [0.717, 1.165) is 23.8 Å². The van der Waals surface area contributed by atoms with Gasteiger partial charge in [0, 0.05) is 0 Å². The van der Waals surface area contributed by atoms with Gasteiger partial charge < -0.3 is 10.1 Å². The van der Waals surface area contributed by atoms with Crippen molar-refractivity contribution >= 4 is 21.6 Å². The van der Waals surface area contributed by atoms with E-state index in [1.54, 1.807) is 6.07 Å². The molecular formula is C24H32N2O4S. The molecule has 1 aliphatic heterocycles. The van der Waals surface area contributed by atoms with Crippen molar-refractivity contribution < 1.29 is 17.9 Å². The molecule has 0 bridgehead atoms. The van der Waals surface area contributed by atoms with E-state index in [2.05, 4.69) is 33.0 Å². The molecule has 3 rings (SSSR count). The molecule has 0 radical (unpaired) electrons. The number of ether oxygens (including phenoxy) is 1. The summed E-state index contributed by atoms with van der Waals surface area (Å²) in [5.74, 6) is 0.0519. The molecule has 6 nitrogen and oxygen atoms in total. The standard InChI is InChI=1S/C24H32N2O4S/c1-7-17-8-10-18(11-9-17)16(2)25-23(27)22-15-26(31(6,28)29)20-14-19(24(3,4)5)12-13-21(20)30-22/h8-14,16,22H,7,15H2,1-6H3,(H,25,27)/t16-,22+/m0/s1. The van der Waals surface area contributed by atoms with Gasteiger partial charge in [-0.1, -0.05) is 58.0 Å². The van der Waals surface area contributed by atoms with E-state index in [1.165, 1.54) is 9.87 Å². The van der Waals surface area contributed by atoms with Crippen LogP contribution in [0.1, 0.15) is 57.4 Å². The van der Waals surface area contributed by atoms with Crippen LogP contribution in [0, 0.1) is 0 Å². The average Bonchev–Trinajstić information content (AvgIpc) is 2.71. The molecule has 0 spiro atoms. The second-order valence-electron chi connectivity index (χ2n) is 9.16. The Bertz CT molecular complexity index is 1060. The predicted molar refractivity (Wildman–Crippen MR) is 124 cm³/mol. The van der Waals surface area contributed by atoms with Crippen LogP contribution in [0.15, 0.2) is 42.5 Å². The number of nitrogens with one attached hydrogen (secondary N) is 1. The summed E-state index contributed by atoms with van der Waals surface area (Å²) < 4.78 is 32.3. The van der Waals surface area contributed by atoms with Crippen LogP contribution >= 0.6 is 0 Å². The molecule has 0 saturated carbocycles. The molecule has 2 atom stereocenters. The number of sulfonamides is 1. The monoisotopic (exact) mass is 444 g/mol. The van der Waals surface area contributed by atoms with Crippen molar-refractivity contribution in [1.29, 1.82) is 0 Å². The minimum absolute atomic E-state index is 0.0627. The summed E-state index contributed by atoms with van der Waals surface area (Å²) in [4.78, 5) is 13.0. The maximum Gasteiger partial charge on any atom is 0.263 e. The zero-order valence-corrected chi connectivity index (χ0v) is 19.9. The summed E-state index contributed by atoms with van der Waals surface area (Å²) in [6.07, 6.45) is 1.17. The molecule has 168 valence electrons. The van der Waals surface area contributed by atoms with Crippen LogP contribution in [0.25, 0.3) is 0 Å². The topological polar surface area (TPSA) is 75.7 Å². The van der Waals surface area contributed by atoms with Crippen molar-refractivity contribution in [1.82, 2.24) is 5.32 Å². The first-order chi connectivity index (χ1) is 14.4. The van der Waals surface area contributed by atoms with E-state index in [4.69, 9.17) is 4.74 Å². The van der Waals surface area contributed by atoms with E-state index in [1.807, 2.05) is 43.3 Å². The van der Waals surface area contributed by atoms with Crippen molar-refractivity contribution in [3.05, 3.63) is 59.2 Å². The molecule has 2 aromatic rings. The summed E-state index contributed by atoms with van der Waals surface area (Å²) >= 11 is 0. The lowest BCUT2D eigenvalue weighted by molar-refractivity contribution is -0.128. The average molecular weight is 445 g/mol. The number of amides is 1. The van der Waals surface area contributed by atoms with Crippen molar-refractivity contribution in [2.75, 3.05) is 17.1 Å². The fourth-order valence-corrected chi connectivity index (χ4v) is 4.51. The van der Waals surface area contributed by atoms with Crippen LogP contribution in [0.2, 0.25) is 0 Å². The molecule has 0 fully saturated rings. The second kappa shape index (κ2) is 8.54. The van der Waals surface area contributed by atoms with Gasteiger partial charge >= 0.3 is 0 Å². The van der Waals surface area contributed by atoms with E-state index in [0.29, 0.717) is 11.4 Å². The summed E-state index contributed by atoms with van der Waals surface area (Å²) in [6, 6.07) is 13.4. The molecule has 1 N–H and O–H groups in total. The first kappa shape index (κ1) is 23.1. The number of aryl methyl sites for hydroxylation is 1. The van der Waals surface area contributed by atoms with E-state index in [9.17, 15) is 13.2 Å². The molecule has 0 unspecified atom stereocenters. The molecule has 7 heteroatoms. The first-order valence-electron chi connectivity index (χ1n) is 10.6. The van der Waals surface area contributed by atoms with E-state index < -0.39 is 16.1 Å². The third kappa shape index (κ3) is 5.21. The number of carbonyl (C=O) groups excluding carboxylic acids is 1. The zero-order valence-electron chi connectivity index (χ0n) is 19.1. The highest BCUT2D eigenvalue weighted by atomic mass is 32.2. The minimum atomic E-state index is -3.58. The summed E-state index contributed by atoms with van der Waals surface area (Å²) in [7, 11) is -3.58. The smallest absolute Gasteiger partial charge is 0.263 e. The number of benzene rings is 2. The van der Waals surface area contributed by atoms with Crippen LogP contribution < -0.4 is 14.4 Å². The van der Waals surface area contributed by atoms with Gasteiger partial charge in [0.2, 0.25) is 10.0 Å². The molecule has 1 aliphatic rings. The van der Waals surface area contributed by atoms with E-state index in [-0.39, 0.29) is 23.9 Å². The van der Waals surface area contributed by atoms with Gasteiger partial charge in [-0.2, -0.15) is 0 Å². The molecule has 1 amide bonds. The molecule has 0 aliphatic carbocycles. The lowest BCUT2D eigenvalue weighted by Gasteiger charge is -2.35. The quantitative estimate of drug-likeness (QED) is 0.758. The number of nitrogens with zero attached hydrogens (tertiary/aromatic N) is 1. The lowest BCUT2D eigenvalue weighted by Crippen LogP contribution is -2.50. The third-order valence-corrected chi connectivity index (χ3v) is 6.78. The fourth-order valence-electron chi connectivity index (χ4n) is 3.60. The van der Waals surface area contributed by atoms with Crippen molar-refractivity contribution in [3.8, 4) is 5.75 Å². The van der Waals surface area contributed by atoms with Crippen LogP contribution in [-0.4, -0.2) is 33.2 Å². The van der Waals surface area contributed by atoms with Gasteiger partial charge in [0.15, 0.2) is 6.10 Å². The van der Waals surface area contributed by atoms with Gasteiger partial charge in [-0.25, -0.2) is 8.42 Å². The van der Waals surface area contributed by atoms with Crippen LogP contribution in [0.4, 0.5) is 5.69 Å². The highest BCUT2D eigenvalue weighted by molar-refractivity contribution is 7.92. The van der Waals surface area contributed by atoms with Gasteiger partial charge in [0.25, 0.3) is 5.91 Å². The molecular weight excluding hydrogens is 412 g/mol. The Balaban J connectivity index is 1.84. The lowest BCUT2D eigenvalue weighted by atomic mass is 9.86. The fraction of sp³-hybridized carbons (Fsp3) is 0.458. The maximum absolute atomic E-state index is 13.0. The highest BCUT2D eigenvalue weighted by Crippen LogP contribution is 2.38. The Labute approximate surface area is 185 Å². The summed E-state index contributed by atoms with van der Waals surface area (Å²) in [5.41, 5.74) is 3.54. The molecule has 31 heavy (non-hydrogen) atoms. The van der Waals surface area contributed by atoms with Crippen LogP contribution in [0.3, 0.4) is 0 Å². The van der Waals surface area contributed by atoms with Crippen molar-refractivity contribution in [3.63, 3.8) is 0 Å².